The number of aryl methyl sites for hydroxylation is 1. The summed E-state index contributed by atoms with van der Waals surface area (Å²) >= 11 is 0. The van der Waals surface area contributed by atoms with Crippen molar-refractivity contribution >= 4 is 11.6 Å². The number of nitrogens with zero attached hydrogens (tertiary/aromatic N) is 1. The Kier molecular flexibility index (Phi) is 9.61. The highest BCUT2D eigenvalue weighted by Crippen LogP contribution is 2.16. The topological polar surface area (TPSA) is 20.3 Å². The second kappa shape index (κ2) is 11.3. The fraction of sp³-hybridized carbons (Fsp3) is 0.650. The number of hydrogen-bond acceptors (Lipinski definition) is 1. The highest BCUT2D eigenvalue weighted by atomic mass is 16.2. The lowest BCUT2D eigenvalue weighted by Crippen LogP contribution is -2.22. The van der Waals surface area contributed by atoms with Crippen LogP contribution in [0.25, 0.3) is 0 Å². The Morgan fingerprint density at radius 3 is 1.86 bits per heavy atom. The zero-order chi connectivity index (χ0) is 16.2. The molecule has 0 radical (unpaired) electrons. The fourth-order valence-electron chi connectivity index (χ4n) is 2.71. The minimum absolute atomic E-state index is 0.0756. The standard InChI is InChI=1S/C20H33NO/c1-4-5-6-7-8-9-10-11-12-13-19-14-16-20(17-15-19)21(3)18(2)22/h14-17H,4-13H2,1-3H3. The molecule has 0 bridgehead atoms. The fourth-order valence-corrected chi connectivity index (χ4v) is 2.71. The number of carbonyl (C=O) groups is 1. The van der Waals surface area contributed by atoms with Gasteiger partial charge in [0.25, 0.3) is 0 Å². The summed E-state index contributed by atoms with van der Waals surface area (Å²) in [6.45, 7) is 3.86. The molecule has 0 unspecified atom stereocenters. The maximum Gasteiger partial charge on any atom is 0.223 e. The predicted octanol–water partition coefficient (Wildman–Crippen LogP) is 5.74. The maximum atomic E-state index is 11.3. The van der Waals surface area contributed by atoms with Gasteiger partial charge in [-0.15, -0.1) is 0 Å². The Morgan fingerprint density at radius 2 is 1.36 bits per heavy atom. The van der Waals surface area contributed by atoms with Crippen LogP contribution >= 0.6 is 0 Å². The van der Waals surface area contributed by atoms with Gasteiger partial charge in [0.1, 0.15) is 0 Å². The van der Waals surface area contributed by atoms with Gasteiger partial charge in [-0.3, -0.25) is 4.79 Å². The molecular formula is C20H33NO. The summed E-state index contributed by atoms with van der Waals surface area (Å²) in [5, 5.41) is 0. The Balaban J connectivity index is 2.11. The van der Waals surface area contributed by atoms with Crippen LogP contribution in [0, 0.1) is 0 Å². The molecule has 1 aromatic rings. The van der Waals surface area contributed by atoms with Crippen LogP contribution in [0.4, 0.5) is 5.69 Å². The summed E-state index contributed by atoms with van der Waals surface area (Å²) in [4.78, 5) is 13.0. The average molecular weight is 303 g/mol. The molecule has 0 spiro atoms. The first-order chi connectivity index (χ1) is 10.6. The first kappa shape index (κ1) is 18.7. The average Bonchev–Trinajstić information content (AvgIpc) is 2.53. The van der Waals surface area contributed by atoms with Crippen LogP contribution in [-0.2, 0) is 11.2 Å². The van der Waals surface area contributed by atoms with E-state index in [2.05, 4.69) is 19.1 Å². The Hall–Kier alpha value is -1.31. The molecule has 0 fully saturated rings. The molecule has 0 aromatic heterocycles. The first-order valence-electron chi connectivity index (χ1n) is 8.98. The lowest BCUT2D eigenvalue weighted by atomic mass is 10.0. The molecule has 1 aromatic carbocycles. The third-order valence-electron chi connectivity index (χ3n) is 4.36. The molecule has 0 aliphatic rings. The van der Waals surface area contributed by atoms with Gasteiger partial charge in [0.2, 0.25) is 5.91 Å². The number of hydrogen-bond donors (Lipinski definition) is 0. The number of rotatable bonds is 11. The van der Waals surface area contributed by atoms with Crippen LogP contribution in [0.1, 0.15) is 77.2 Å². The Labute approximate surface area is 136 Å². The van der Waals surface area contributed by atoms with E-state index in [0.29, 0.717) is 0 Å². The van der Waals surface area contributed by atoms with Crippen molar-refractivity contribution in [3.63, 3.8) is 0 Å². The van der Waals surface area contributed by atoms with Crippen LogP contribution in [0.15, 0.2) is 24.3 Å². The Bertz CT molecular complexity index is 410. The highest BCUT2D eigenvalue weighted by Gasteiger charge is 2.04. The third-order valence-corrected chi connectivity index (χ3v) is 4.36. The number of benzene rings is 1. The number of amides is 1. The Morgan fingerprint density at radius 1 is 0.864 bits per heavy atom. The van der Waals surface area contributed by atoms with Crippen molar-refractivity contribution in [3.05, 3.63) is 29.8 Å². The van der Waals surface area contributed by atoms with Gasteiger partial charge in [-0.1, -0.05) is 70.4 Å². The van der Waals surface area contributed by atoms with Crippen molar-refractivity contribution in [2.75, 3.05) is 11.9 Å². The van der Waals surface area contributed by atoms with Crippen molar-refractivity contribution in [2.45, 2.75) is 78.1 Å². The summed E-state index contributed by atoms with van der Waals surface area (Å²) in [6.07, 6.45) is 13.5. The molecule has 22 heavy (non-hydrogen) atoms. The van der Waals surface area contributed by atoms with Gasteiger partial charge in [-0.2, -0.15) is 0 Å². The van der Waals surface area contributed by atoms with Gasteiger partial charge in [0, 0.05) is 19.7 Å². The van der Waals surface area contributed by atoms with Crippen LogP contribution in [-0.4, -0.2) is 13.0 Å². The highest BCUT2D eigenvalue weighted by molar-refractivity contribution is 5.90. The van der Waals surface area contributed by atoms with E-state index < -0.39 is 0 Å². The molecule has 124 valence electrons. The molecular weight excluding hydrogens is 270 g/mol. The molecule has 0 saturated heterocycles. The largest absolute Gasteiger partial charge is 0.316 e. The zero-order valence-corrected chi connectivity index (χ0v) is 14.7. The molecule has 0 aliphatic heterocycles. The number of anilines is 1. The van der Waals surface area contributed by atoms with E-state index in [1.54, 1.807) is 11.8 Å². The minimum Gasteiger partial charge on any atom is -0.316 e. The predicted molar refractivity (Wildman–Crippen MR) is 96.5 cm³/mol. The van der Waals surface area contributed by atoms with E-state index in [4.69, 9.17) is 0 Å². The van der Waals surface area contributed by atoms with Gasteiger partial charge >= 0.3 is 0 Å². The number of unbranched alkanes of at least 4 members (excludes halogenated alkanes) is 8. The molecule has 0 N–H and O–H groups in total. The summed E-state index contributed by atoms with van der Waals surface area (Å²) < 4.78 is 0. The quantitative estimate of drug-likeness (QED) is 0.477. The van der Waals surface area contributed by atoms with Gasteiger partial charge in [0.05, 0.1) is 0 Å². The van der Waals surface area contributed by atoms with Gasteiger partial charge < -0.3 is 4.90 Å². The SMILES string of the molecule is CCCCCCCCCCCc1ccc(N(C)C(C)=O)cc1. The van der Waals surface area contributed by atoms with Crippen LogP contribution in [0.5, 0.6) is 0 Å². The molecule has 1 amide bonds. The van der Waals surface area contributed by atoms with Gasteiger partial charge in [-0.25, -0.2) is 0 Å². The summed E-state index contributed by atoms with van der Waals surface area (Å²) in [6, 6.07) is 8.40. The van der Waals surface area contributed by atoms with E-state index in [0.717, 1.165) is 12.1 Å². The van der Waals surface area contributed by atoms with Crippen molar-refractivity contribution in [2.24, 2.45) is 0 Å². The molecule has 0 saturated carbocycles. The van der Waals surface area contributed by atoms with Crippen molar-refractivity contribution in [1.29, 1.82) is 0 Å². The second-order valence-electron chi connectivity index (χ2n) is 6.32. The summed E-state index contributed by atoms with van der Waals surface area (Å²) in [5.74, 6) is 0.0756. The van der Waals surface area contributed by atoms with Crippen LogP contribution in [0.3, 0.4) is 0 Å². The van der Waals surface area contributed by atoms with E-state index in [1.807, 2.05) is 19.2 Å². The van der Waals surface area contributed by atoms with Crippen LogP contribution < -0.4 is 4.90 Å². The van der Waals surface area contributed by atoms with E-state index in [9.17, 15) is 4.79 Å². The molecule has 2 heteroatoms. The first-order valence-corrected chi connectivity index (χ1v) is 8.98. The lowest BCUT2D eigenvalue weighted by Gasteiger charge is -2.15. The van der Waals surface area contributed by atoms with E-state index >= 15 is 0 Å². The lowest BCUT2D eigenvalue weighted by molar-refractivity contribution is -0.116. The maximum absolute atomic E-state index is 11.3. The number of carbonyl (C=O) groups excluding carboxylic acids is 1. The molecule has 2 nitrogen and oxygen atoms in total. The normalized spacial score (nSPS) is 10.7. The molecule has 0 atom stereocenters. The second-order valence-corrected chi connectivity index (χ2v) is 6.32. The monoisotopic (exact) mass is 303 g/mol. The van der Waals surface area contributed by atoms with Gasteiger partial charge in [-0.05, 0) is 30.5 Å². The minimum atomic E-state index is 0.0756. The summed E-state index contributed by atoms with van der Waals surface area (Å²) in [5.41, 5.74) is 2.35. The van der Waals surface area contributed by atoms with Crippen molar-refractivity contribution < 1.29 is 4.79 Å². The van der Waals surface area contributed by atoms with Crippen molar-refractivity contribution in [3.8, 4) is 0 Å². The van der Waals surface area contributed by atoms with Gasteiger partial charge in [0.15, 0.2) is 0 Å². The van der Waals surface area contributed by atoms with Crippen molar-refractivity contribution in [1.82, 2.24) is 0 Å². The zero-order valence-electron chi connectivity index (χ0n) is 14.7. The van der Waals surface area contributed by atoms with E-state index in [1.165, 1.54) is 63.4 Å². The molecule has 0 aliphatic carbocycles. The van der Waals surface area contributed by atoms with E-state index in [-0.39, 0.29) is 5.91 Å². The molecule has 0 heterocycles. The summed E-state index contributed by atoms with van der Waals surface area (Å²) in [7, 11) is 1.82. The third kappa shape index (κ3) is 7.63. The molecule has 1 rings (SSSR count). The van der Waals surface area contributed by atoms with Crippen LogP contribution in [0.2, 0.25) is 0 Å². The smallest absolute Gasteiger partial charge is 0.223 e.